The number of halogens is 3. The zero-order valence-electron chi connectivity index (χ0n) is 11.9. The minimum absolute atomic E-state index is 0. The highest BCUT2D eigenvalue weighted by Crippen LogP contribution is 2.33. The Morgan fingerprint density at radius 2 is 2.09 bits per heavy atom. The van der Waals surface area contributed by atoms with Gasteiger partial charge in [-0.3, -0.25) is 0 Å². The first-order chi connectivity index (χ1) is 10.5. The second-order valence-corrected chi connectivity index (χ2v) is 8.78. The Hall–Kier alpha value is -0.700. The second-order valence-electron chi connectivity index (χ2n) is 4.95. The van der Waals surface area contributed by atoms with Crippen LogP contribution in [0.2, 0.25) is 4.34 Å². The van der Waals surface area contributed by atoms with Crippen molar-refractivity contribution in [1.29, 1.82) is 0 Å². The van der Waals surface area contributed by atoms with Crippen LogP contribution < -0.4 is 5.32 Å². The minimum Gasteiger partial charge on any atom is -0.313 e. The van der Waals surface area contributed by atoms with Gasteiger partial charge in [-0.05, 0) is 29.8 Å². The van der Waals surface area contributed by atoms with Gasteiger partial charge in [0.05, 0.1) is 10.4 Å². The van der Waals surface area contributed by atoms with Gasteiger partial charge in [-0.2, -0.15) is 4.31 Å². The van der Waals surface area contributed by atoms with Crippen LogP contribution in [0.3, 0.4) is 0 Å². The van der Waals surface area contributed by atoms with E-state index in [1.807, 2.05) is 0 Å². The third-order valence-electron chi connectivity index (χ3n) is 3.54. The summed E-state index contributed by atoms with van der Waals surface area (Å²) in [6.07, 6.45) is 0. The molecule has 3 rings (SSSR count). The average molecular weight is 397 g/mol. The number of nitrogens with zero attached hydrogens (tertiary/aromatic N) is 1. The van der Waals surface area contributed by atoms with E-state index in [1.165, 1.54) is 22.5 Å². The molecular formula is C14H15Cl2FN2O2S2. The number of thiophene rings is 1. The number of hydrogen-bond donors (Lipinski definition) is 1. The lowest BCUT2D eigenvalue weighted by molar-refractivity contribution is 0.271. The quantitative estimate of drug-likeness (QED) is 0.865. The van der Waals surface area contributed by atoms with Crippen LogP contribution in [0.4, 0.5) is 4.39 Å². The molecule has 0 aliphatic carbocycles. The zero-order chi connectivity index (χ0) is 15.7. The van der Waals surface area contributed by atoms with Crippen LogP contribution in [0.5, 0.6) is 0 Å². The van der Waals surface area contributed by atoms with Gasteiger partial charge in [0, 0.05) is 19.6 Å². The number of benzene rings is 1. The lowest BCUT2D eigenvalue weighted by Gasteiger charge is -2.35. The van der Waals surface area contributed by atoms with E-state index in [9.17, 15) is 12.8 Å². The Labute approximate surface area is 149 Å². The van der Waals surface area contributed by atoms with Gasteiger partial charge in [0.25, 0.3) is 10.0 Å². The summed E-state index contributed by atoms with van der Waals surface area (Å²) in [5, 5.41) is 3.16. The molecular weight excluding hydrogens is 382 g/mol. The van der Waals surface area contributed by atoms with E-state index in [2.05, 4.69) is 5.32 Å². The Bertz CT molecular complexity index is 783. The Kier molecular flexibility index (Phi) is 6.05. The molecule has 1 fully saturated rings. The number of hydrogen-bond acceptors (Lipinski definition) is 4. The average Bonchev–Trinajstić information content (AvgIpc) is 2.95. The van der Waals surface area contributed by atoms with Crippen molar-refractivity contribution in [3.63, 3.8) is 0 Å². The van der Waals surface area contributed by atoms with Gasteiger partial charge in [0.2, 0.25) is 0 Å². The van der Waals surface area contributed by atoms with Crippen molar-refractivity contribution in [2.24, 2.45) is 0 Å². The molecule has 0 amide bonds. The fourth-order valence-electron chi connectivity index (χ4n) is 2.52. The molecule has 9 heteroatoms. The molecule has 1 N–H and O–H groups in total. The van der Waals surface area contributed by atoms with Gasteiger partial charge in [-0.1, -0.05) is 23.7 Å². The molecule has 2 aromatic rings. The lowest BCUT2D eigenvalue weighted by Crippen LogP contribution is -2.48. The number of sulfonamides is 1. The van der Waals surface area contributed by atoms with Gasteiger partial charge in [0.15, 0.2) is 0 Å². The molecule has 1 aromatic carbocycles. The van der Waals surface area contributed by atoms with Gasteiger partial charge in [-0.15, -0.1) is 23.7 Å². The summed E-state index contributed by atoms with van der Waals surface area (Å²) in [5.41, 5.74) is 0.637. The van der Waals surface area contributed by atoms with Crippen molar-refractivity contribution in [2.45, 2.75) is 10.3 Å². The SMILES string of the molecule is Cl.O=S(=O)(c1ccc(Cl)s1)N1CCNCC1c1cccc(F)c1. The van der Waals surface area contributed by atoms with Crippen LogP contribution in [0, 0.1) is 5.82 Å². The maximum Gasteiger partial charge on any atom is 0.253 e. The molecule has 0 bridgehead atoms. The molecule has 1 aliphatic rings. The fraction of sp³-hybridized carbons (Fsp3) is 0.286. The van der Waals surface area contributed by atoms with Crippen LogP contribution in [0.25, 0.3) is 0 Å². The van der Waals surface area contributed by atoms with Crippen molar-refractivity contribution < 1.29 is 12.8 Å². The van der Waals surface area contributed by atoms with Crippen LogP contribution >= 0.6 is 35.3 Å². The normalized spacial score (nSPS) is 19.3. The summed E-state index contributed by atoms with van der Waals surface area (Å²) in [4.78, 5) is 0. The third-order valence-corrected chi connectivity index (χ3v) is 7.15. The van der Waals surface area contributed by atoms with E-state index in [-0.39, 0.29) is 22.4 Å². The summed E-state index contributed by atoms with van der Waals surface area (Å²) in [7, 11) is -3.65. The van der Waals surface area contributed by atoms with E-state index >= 15 is 0 Å². The molecule has 126 valence electrons. The predicted octanol–water partition coefficient (Wildman–Crippen LogP) is 3.30. The molecule has 0 saturated carbocycles. The monoisotopic (exact) mass is 396 g/mol. The highest BCUT2D eigenvalue weighted by atomic mass is 35.5. The van der Waals surface area contributed by atoms with Gasteiger partial charge < -0.3 is 5.32 Å². The van der Waals surface area contributed by atoms with Crippen LogP contribution in [0.1, 0.15) is 11.6 Å². The topological polar surface area (TPSA) is 49.4 Å². The molecule has 0 radical (unpaired) electrons. The Balaban J connectivity index is 0.00000192. The molecule has 1 saturated heterocycles. The standard InChI is InChI=1S/C14H14ClFN2O2S2.ClH/c15-13-4-5-14(21-13)22(19,20)18-7-6-17-9-12(18)10-2-1-3-11(16)8-10;/h1-5,8,12,17H,6-7,9H2;1H. The van der Waals surface area contributed by atoms with Crippen molar-refractivity contribution in [3.8, 4) is 0 Å². The van der Waals surface area contributed by atoms with Gasteiger partial charge >= 0.3 is 0 Å². The summed E-state index contributed by atoms with van der Waals surface area (Å²) in [6.45, 7) is 1.34. The fourth-order valence-corrected chi connectivity index (χ4v) is 5.75. The maximum atomic E-state index is 13.5. The van der Waals surface area contributed by atoms with E-state index < -0.39 is 16.1 Å². The van der Waals surface area contributed by atoms with Crippen molar-refractivity contribution >= 4 is 45.4 Å². The Morgan fingerprint density at radius 1 is 1.30 bits per heavy atom. The molecule has 1 unspecified atom stereocenters. The first-order valence-electron chi connectivity index (χ1n) is 6.72. The van der Waals surface area contributed by atoms with E-state index in [0.29, 0.717) is 29.5 Å². The van der Waals surface area contributed by atoms with Gasteiger partial charge in [-0.25, -0.2) is 12.8 Å². The maximum absolute atomic E-state index is 13.5. The predicted molar refractivity (Wildman–Crippen MR) is 92.5 cm³/mol. The third kappa shape index (κ3) is 3.87. The first-order valence-corrected chi connectivity index (χ1v) is 9.35. The molecule has 1 aliphatic heterocycles. The zero-order valence-corrected chi connectivity index (χ0v) is 15.1. The second kappa shape index (κ2) is 7.46. The van der Waals surface area contributed by atoms with Crippen LogP contribution in [-0.2, 0) is 10.0 Å². The summed E-state index contributed by atoms with van der Waals surface area (Å²) in [6, 6.07) is 8.69. The number of rotatable bonds is 3. The Morgan fingerprint density at radius 3 is 2.74 bits per heavy atom. The van der Waals surface area contributed by atoms with E-state index in [0.717, 1.165) is 11.3 Å². The first kappa shape index (κ1) is 18.6. The van der Waals surface area contributed by atoms with Crippen molar-refractivity contribution in [3.05, 3.63) is 52.1 Å². The van der Waals surface area contributed by atoms with Gasteiger partial charge in [0.1, 0.15) is 10.0 Å². The number of piperazine rings is 1. The summed E-state index contributed by atoms with van der Waals surface area (Å²) < 4.78 is 41.2. The van der Waals surface area contributed by atoms with Crippen LogP contribution in [0.15, 0.2) is 40.6 Å². The highest BCUT2D eigenvalue weighted by molar-refractivity contribution is 7.91. The van der Waals surface area contributed by atoms with Crippen molar-refractivity contribution in [2.75, 3.05) is 19.6 Å². The summed E-state index contributed by atoms with van der Waals surface area (Å²) >= 11 is 6.88. The van der Waals surface area contributed by atoms with Crippen molar-refractivity contribution in [1.82, 2.24) is 9.62 Å². The lowest BCUT2D eigenvalue weighted by atomic mass is 10.1. The molecule has 4 nitrogen and oxygen atoms in total. The summed E-state index contributed by atoms with van der Waals surface area (Å²) in [5.74, 6) is -0.375. The largest absolute Gasteiger partial charge is 0.313 e. The molecule has 1 aromatic heterocycles. The molecule has 0 spiro atoms. The molecule has 1 atom stereocenters. The van der Waals surface area contributed by atoms with E-state index in [4.69, 9.17) is 11.6 Å². The molecule has 23 heavy (non-hydrogen) atoms. The number of nitrogens with one attached hydrogen (secondary N) is 1. The minimum atomic E-state index is -3.65. The smallest absolute Gasteiger partial charge is 0.253 e. The van der Waals surface area contributed by atoms with Crippen LogP contribution in [-0.4, -0.2) is 32.4 Å². The molecule has 2 heterocycles. The highest BCUT2D eigenvalue weighted by Gasteiger charge is 2.35. The van der Waals surface area contributed by atoms with E-state index in [1.54, 1.807) is 18.2 Å².